The van der Waals surface area contributed by atoms with E-state index in [1.54, 1.807) is 0 Å². The number of nitrogens with one attached hydrogen (secondary N) is 2. The van der Waals surface area contributed by atoms with Crippen LogP contribution in [0.2, 0.25) is 0 Å². The zero-order valence-corrected chi connectivity index (χ0v) is 21.2. The second-order valence-electron chi connectivity index (χ2n) is 9.49. The first-order valence-electron chi connectivity index (χ1n) is 12.4. The molecule has 0 bridgehead atoms. The van der Waals surface area contributed by atoms with Gasteiger partial charge in [0, 0.05) is 29.2 Å². The highest BCUT2D eigenvalue weighted by Gasteiger charge is 2.18. The molecule has 0 saturated heterocycles. The molecule has 0 amide bonds. The number of aromatic amines is 2. The van der Waals surface area contributed by atoms with E-state index in [1.807, 2.05) is 30.6 Å². The summed E-state index contributed by atoms with van der Waals surface area (Å²) in [5, 5.41) is 7.77. The van der Waals surface area contributed by atoms with E-state index in [4.69, 9.17) is 4.98 Å². The number of aromatic nitrogens is 5. The Morgan fingerprint density at radius 2 is 2.08 bits per heavy atom. The standard InChI is InChI=1S/C30H32N6/c1-5-9-24(22-11-6-7-12-22)25-17-28(32-20(25)2)30-29-27(34-35-30)14-13-26(33-29)23-16-21(18-31-19-23)10-8-15-36(3)4/h5-6,9,11-14,16-19,32H,1,7-8,10,15H2,2-4H3,(H,34,35)/b24-9-. The summed E-state index contributed by atoms with van der Waals surface area (Å²) < 4.78 is 0. The lowest BCUT2D eigenvalue weighted by Crippen LogP contribution is -2.13. The highest BCUT2D eigenvalue weighted by Crippen LogP contribution is 2.34. The van der Waals surface area contributed by atoms with Crippen molar-refractivity contribution in [2.45, 2.75) is 26.2 Å². The fourth-order valence-corrected chi connectivity index (χ4v) is 4.69. The molecule has 0 fully saturated rings. The summed E-state index contributed by atoms with van der Waals surface area (Å²) in [6, 6.07) is 8.43. The van der Waals surface area contributed by atoms with Crippen molar-refractivity contribution in [2.75, 3.05) is 20.6 Å². The fraction of sp³-hybridized carbons (Fsp3) is 0.233. The first-order chi connectivity index (χ1) is 17.5. The van der Waals surface area contributed by atoms with Crippen LogP contribution in [-0.2, 0) is 6.42 Å². The van der Waals surface area contributed by atoms with Gasteiger partial charge >= 0.3 is 0 Å². The minimum absolute atomic E-state index is 0.810. The molecule has 0 unspecified atom stereocenters. The van der Waals surface area contributed by atoms with Crippen LogP contribution in [0.4, 0.5) is 0 Å². The molecule has 1 aliphatic carbocycles. The molecule has 4 heterocycles. The number of hydrogen-bond acceptors (Lipinski definition) is 4. The van der Waals surface area contributed by atoms with Crippen LogP contribution in [0.1, 0.15) is 29.7 Å². The van der Waals surface area contributed by atoms with Gasteiger partial charge in [0.15, 0.2) is 0 Å². The predicted molar refractivity (Wildman–Crippen MR) is 149 cm³/mol. The molecule has 1 aliphatic rings. The molecule has 2 N–H and O–H groups in total. The van der Waals surface area contributed by atoms with Gasteiger partial charge in [-0.15, -0.1) is 0 Å². The van der Waals surface area contributed by atoms with E-state index in [0.717, 1.165) is 76.3 Å². The van der Waals surface area contributed by atoms with Gasteiger partial charge in [-0.05, 0) is 87.8 Å². The van der Waals surface area contributed by atoms with Gasteiger partial charge in [-0.2, -0.15) is 5.10 Å². The van der Waals surface area contributed by atoms with Gasteiger partial charge in [-0.3, -0.25) is 10.1 Å². The van der Waals surface area contributed by atoms with Crippen LogP contribution in [0.5, 0.6) is 0 Å². The lowest BCUT2D eigenvalue weighted by molar-refractivity contribution is 0.400. The van der Waals surface area contributed by atoms with E-state index >= 15 is 0 Å². The summed E-state index contributed by atoms with van der Waals surface area (Å²) in [6.45, 7) is 7.07. The van der Waals surface area contributed by atoms with E-state index in [1.165, 1.54) is 11.1 Å². The smallest absolute Gasteiger partial charge is 0.135 e. The number of nitrogens with zero attached hydrogens (tertiary/aromatic N) is 4. The Balaban J connectivity index is 1.49. The third kappa shape index (κ3) is 4.86. The van der Waals surface area contributed by atoms with Crippen LogP contribution in [0.15, 0.2) is 79.2 Å². The van der Waals surface area contributed by atoms with Crippen molar-refractivity contribution in [3.63, 3.8) is 0 Å². The Morgan fingerprint density at radius 3 is 2.86 bits per heavy atom. The number of fused-ring (bicyclic) bond motifs is 1. The molecule has 4 aromatic heterocycles. The number of pyridine rings is 2. The van der Waals surface area contributed by atoms with Gasteiger partial charge in [0.1, 0.15) is 11.2 Å². The number of hydrogen-bond donors (Lipinski definition) is 2. The Hall–Kier alpha value is -4.03. The third-order valence-electron chi connectivity index (χ3n) is 6.50. The number of rotatable bonds is 9. The number of H-pyrrole nitrogens is 2. The molecule has 0 saturated carbocycles. The van der Waals surface area contributed by atoms with Crippen molar-refractivity contribution in [3.8, 4) is 22.6 Å². The van der Waals surface area contributed by atoms with Crippen molar-refractivity contribution in [1.29, 1.82) is 0 Å². The Labute approximate surface area is 212 Å². The summed E-state index contributed by atoms with van der Waals surface area (Å²) in [5.41, 5.74) is 11.2. The highest BCUT2D eigenvalue weighted by atomic mass is 15.1. The van der Waals surface area contributed by atoms with Crippen LogP contribution < -0.4 is 0 Å². The molecular weight excluding hydrogens is 444 g/mol. The predicted octanol–water partition coefficient (Wildman–Crippen LogP) is 6.27. The molecular formula is C30H32N6. The van der Waals surface area contributed by atoms with Crippen molar-refractivity contribution in [1.82, 2.24) is 30.0 Å². The summed E-state index contributed by atoms with van der Waals surface area (Å²) >= 11 is 0. The first-order valence-corrected chi connectivity index (χ1v) is 12.4. The van der Waals surface area contributed by atoms with Gasteiger partial charge in [0.25, 0.3) is 0 Å². The molecule has 6 nitrogen and oxygen atoms in total. The maximum Gasteiger partial charge on any atom is 0.135 e. The van der Waals surface area contributed by atoms with Crippen LogP contribution in [0.3, 0.4) is 0 Å². The molecule has 0 atom stereocenters. The fourth-order valence-electron chi connectivity index (χ4n) is 4.69. The van der Waals surface area contributed by atoms with Gasteiger partial charge in [0.2, 0.25) is 0 Å². The maximum atomic E-state index is 5.01. The zero-order chi connectivity index (χ0) is 25.1. The second-order valence-corrected chi connectivity index (χ2v) is 9.49. The quantitative estimate of drug-likeness (QED) is 0.279. The molecule has 5 rings (SSSR count). The van der Waals surface area contributed by atoms with Gasteiger partial charge in [0.05, 0.1) is 16.9 Å². The molecule has 4 aromatic rings. The molecule has 0 radical (unpaired) electrons. The van der Waals surface area contributed by atoms with E-state index in [2.05, 4.69) is 89.1 Å². The molecule has 0 spiro atoms. The Kier molecular flexibility index (Phi) is 6.78. The van der Waals surface area contributed by atoms with Crippen molar-refractivity contribution >= 4 is 16.6 Å². The summed E-state index contributed by atoms with van der Waals surface area (Å²) in [7, 11) is 4.20. The maximum absolute atomic E-state index is 5.01. The van der Waals surface area contributed by atoms with Crippen molar-refractivity contribution in [2.24, 2.45) is 0 Å². The third-order valence-corrected chi connectivity index (χ3v) is 6.50. The zero-order valence-electron chi connectivity index (χ0n) is 21.2. The SMILES string of the molecule is C=C/C=C(/C1=CCC=C1)c1cc(-c2n[nH]c3ccc(-c4cncc(CCCN(C)C)c4)nc23)[nH]c1C. The van der Waals surface area contributed by atoms with Crippen LogP contribution in [0, 0.1) is 6.92 Å². The normalized spacial score (nSPS) is 13.7. The highest BCUT2D eigenvalue weighted by molar-refractivity contribution is 5.92. The van der Waals surface area contributed by atoms with Gasteiger partial charge in [-0.25, -0.2) is 4.98 Å². The Morgan fingerprint density at radius 1 is 1.19 bits per heavy atom. The van der Waals surface area contributed by atoms with Crippen molar-refractivity contribution in [3.05, 3.63) is 96.0 Å². The molecule has 0 aliphatic heterocycles. The molecule has 182 valence electrons. The van der Waals surface area contributed by atoms with E-state index in [9.17, 15) is 0 Å². The van der Waals surface area contributed by atoms with E-state index in [0.29, 0.717) is 0 Å². The lowest BCUT2D eigenvalue weighted by atomic mass is 9.98. The molecule has 36 heavy (non-hydrogen) atoms. The lowest BCUT2D eigenvalue weighted by Gasteiger charge is -2.09. The van der Waals surface area contributed by atoms with Gasteiger partial charge in [-0.1, -0.05) is 37.0 Å². The van der Waals surface area contributed by atoms with Crippen LogP contribution >= 0.6 is 0 Å². The van der Waals surface area contributed by atoms with Crippen LogP contribution in [0.25, 0.3) is 39.3 Å². The monoisotopic (exact) mass is 476 g/mol. The Bertz CT molecular complexity index is 1490. The summed E-state index contributed by atoms with van der Waals surface area (Å²) in [6.07, 6.45) is 17.4. The minimum Gasteiger partial charge on any atom is -0.357 e. The summed E-state index contributed by atoms with van der Waals surface area (Å²) in [5.74, 6) is 0. The second kappa shape index (κ2) is 10.3. The average molecular weight is 477 g/mol. The average Bonchev–Trinajstić information content (AvgIpc) is 3.62. The number of allylic oxidation sites excluding steroid dienone is 7. The van der Waals surface area contributed by atoms with Crippen molar-refractivity contribution < 1.29 is 0 Å². The topological polar surface area (TPSA) is 73.5 Å². The minimum atomic E-state index is 0.810. The summed E-state index contributed by atoms with van der Waals surface area (Å²) in [4.78, 5) is 15.2. The largest absolute Gasteiger partial charge is 0.357 e. The van der Waals surface area contributed by atoms with Gasteiger partial charge < -0.3 is 9.88 Å². The van der Waals surface area contributed by atoms with E-state index in [-0.39, 0.29) is 0 Å². The first kappa shape index (κ1) is 23.7. The molecule has 0 aromatic carbocycles. The molecule has 6 heteroatoms. The van der Waals surface area contributed by atoms with E-state index < -0.39 is 0 Å². The van der Waals surface area contributed by atoms with Crippen LogP contribution in [-0.4, -0.2) is 50.7 Å². The number of aryl methyl sites for hydroxylation is 2.